The van der Waals surface area contributed by atoms with Crippen LogP contribution in [0.1, 0.15) is 277 Å². The van der Waals surface area contributed by atoms with Crippen molar-refractivity contribution in [3.8, 4) is 0 Å². The third-order valence-electron chi connectivity index (χ3n) is 13.1. The van der Waals surface area contributed by atoms with Gasteiger partial charge in [0.1, 0.15) is 13.2 Å². The molecule has 0 aromatic rings. The maximum atomic E-state index is 12.9. The number of rotatable bonds is 55. The van der Waals surface area contributed by atoms with Gasteiger partial charge in [0.15, 0.2) is 12.4 Å². The molecule has 0 radical (unpaired) electrons. The lowest BCUT2D eigenvalue weighted by Crippen LogP contribution is -2.44. The number of allylic oxidation sites excluding steroid dienone is 6. The summed E-state index contributed by atoms with van der Waals surface area (Å²) in [7, 11) is 5.93. The second-order valence-electron chi connectivity index (χ2n) is 21.3. The number of esters is 2. The van der Waals surface area contributed by atoms with Gasteiger partial charge in [-0.3, -0.25) is 9.59 Å². The summed E-state index contributed by atoms with van der Waals surface area (Å²) in [6, 6.07) is 0. The second kappa shape index (κ2) is 52.8. The molecule has 2 unspecified atom stereocenters. The molecule has 0 aromatic carbocycles. The highest BCUT2D eigenvalue weighted by Gasteiger charge is 2.22. The van der Waals surface area contributed by atoms with Crippen LogP contribution in [0.25, 0.3) is 0 Å². The highest BCUT2D eigenvalue weighted by atomic mass is 16.7. The molecule has 0 aromatic heterocycles. The zero-order valence-electron chi connectivity index (χ0n) is 46.7. The van der Waals surface area contributed by atoms with Crippen LogP contribution in [0.2, 0.25) is 0 Å². The number of carboxylic acid groups (broad SMARTS) is 1. The van der Waals surface area contributed by atoms with E-state index in [4.69, 9.17) is 18.9 Å². The van der Waals surface area contributed by atoms with Gasteiger partial charge < -0.3 is 33.3 Å². The lowest BCUT2D eigenvalue weighted by atomic mass is 10.0. The minimum Gasteiger partial charge on any atom is -0.545 e. The zero-order valence-corrected chi connectivity index (χ0v) is 46.7. The number of unbranched alkanes of at least 4 members (excludes halogenated alkanes) is 34. The van der Waals surface area contributed by atoms with Crippen LogP contribution >= 0.6 is 0 Å². The number of hydrogen-bond donors (Lipinski definition) is 0. The molecule has 0 aliphatic carbocycles. The Morgan fingerprint density at radius 2 is 0.771 bits per heavy atom. The van der Waals surface area contributed by atoms with E-state index in [1.165, 1.54) is 199 Å². The van der Waals surface area contributed by atoms with E-state index >= 15 is 0 Å². The fraction of sp³-hybridized carbons (Fsp3) is 0.852. The van der Waals surface area contributed by atoms with E-state index in [9.17, 15) is 19.5 Å². The Hall–Kier alpha value is -2.49. The van der Waals surface area contributed by atoms with Crippen LogP contribution in [-0.4, -0.2) is 82.3 Å². The molecular formula is C61H113NO8. The Morgan fingerprint density at radius 3 is 1.14 bits per heavy atom. The Morgan fingerprint density at radius 1 is 0.429 bits per heavy atom. The number of carbonyl (C=O) groups is 3. The maximum Gasteiger partial charge on any atom is 0.306 e. The highest BCUT2D eigenvalue weighted by molar-refractivity contribution is 5.70. The van der Waals surface area contributed by atoms with E-state index in [1.807, 2.05) is 21.1 Å². The summed E-state index contributed by atoms with van der Waals surface area (Å²) in [4.78, 5) is 37.3. The van der Waals surface area contributed by atoms with E-state index in [2.05, 4.69) is 50.3 Å². The molecule has 0 rings (SSSR count). The van der Waals surface area contributed by atoms with Gasteiger partial charge in [-0.15, -0.1) is 0 Å². The summed E-state index contributed by atoms with van der Waals surface area (Å²) in [5, 5.41) is 11.8. The molecule has 0 saturated carbocycles. The molecule has 9 nitrogen and oxygen atoms in total. The molecule has 0 bridgehead atoms. The van der Waals surface area contributed by atoms with E-state index in [-0.39, 0.29) is 32.2 Å². The molecule has 0 spiro atoms. The van der Waals surface area contributed by atoms with Gasteiger partial charge in [0.25, 0.3) is 0 Å². The van der Waals surface area contributed by atoms with Crippen molar-refractivity contribution in [3.05, 3.63) is 36.5 Å². The summed E-state index contributed by atoms with van der Waals surface area (Å²) >= 11 is 0. The van der Waals surface area contributed by atoms with Gasteiger partial charge in [-0.05, 0) is 51.4 Å². The van der Waals surface area contributed by atoms with Gasteiger partial charge in [0.2, 0.25) is 0 Å². The average Bonchev–Trinajstić information content (AvgIpc) is 3.33. The molecule has 0 aliphatic heterocycles. The Labute approximate surface area is 432 Å². The van der Waals surface area contributed by atoms with Crippen LogP contribution in [0.4, 0.5) is 0 Å². The highest BCUT2D eigenvalue weighted by Crippen LogP contribution is 2.17. The van der Waals surface area contributed by atoms with Crippen molar-refractivity contribution in [2.45, 2.75) is 289 Å². The van der Waals surface area contributed by atoms with Crippen molar-refractivity contribution in [2.75, 3.05) is 47.5 Å². The fourth-order valence-corrected chi connectivity index (χ4v) is 8.55. The van der Waals surface area contributed by atoms with E-state index in [0.717, 1.165) is 44.9 Å². The average molecular weight is 989 g/mol. The monoisotopic (exact) mass is 988 g/mol. The Balaban J connectivity index is 4.16. The number of likely N-dealkylation sites (N-methyl/N-ethyl adjacent to an activating group) is 1. The number of hydrogen-bond acceptors (Lipinski definition) is 8. The minimum absolute atomic E-state index is 0.150. The number of aliphatic carboxylic acids is 1. The van der Waals surface area contributed by atoms with E-state index < -0.39 is 24.3 Å². The first-order valence-corrected chi connectivity index (χ1v) is 29.6. The molecular weight excluding hydrogens is 875 g/mol. The Bertz CT molecular complexity index is 1240. The number of carbonyl (C=O) groups excluding carboxylic acids is 3. The van der Waals surface area contributed by atoms with Crippen LogP contribution in [0, 0.1) is 0 Å². The molecule has 0 amide bonds. The van der Waals surface area contributed by atoms with Gasteiger partial charge in [-0.25, -0.2) is 0 Å². The molecule has 70 heavy (non-hydrogen) atoms. The number of carboxylic acids is 1. The molecule has 0 fully saturated rings. The van der Waals surface area contributed by atoms with Gasteiger partial charge >= 0.3 is 11.9 Å². The predicted molar refractivity (Wildman–Crippen MR) is 293 cm³/mol. The third kappa shape index (κ3) is 53.3. The SMILES string of the molecule is CCCCCCC/C=C\C/C=C\C/C=C\CCCCCCCCCCCCCCCCC(=O)OC(COC(=O)CCCCCCCCCCCCCCCCCC)COC(OCC[N+](C)(C)C)C(=O)[O-]. The van der Waals surface area contributed by atoms with Crippen molar-refractivity contribution in [1.82, 2.24) is 0 Å². The van der Waals surface area contributed by atoms with Crippen molar-refractivity contribution >= 4 is 17.9 Å². The van der Waals surface area contributed by atoms with Gasteiger partial charge in [-0.1, -0.05) is 249 Å². The molecule has 0 N–H and O–H groups in total. The van der Waals surface area contributed by atoms with E-state index in [1.54, 1.807) is 0 Å². The lowest BCUT2D eigenvalue weighted by molar-refractivity contribution is -0.870. The first-order valence-electron chi connectivity index (χ1n) is 29.6. The van der Waals surface area contributed by atoms with Crippen LogP contribution in [0.5, 0.6) is 0 Å². The first kappa shape index (κ1) is 67.5. The molecule has 9 heteroatoms. The largest absolute Gasteiger partial charge is 0.545 e. The van der Waals surface area contributed by atoms with Crippen molar-refractivity contribution in [1.29, 1.82) is 0 Å². The second-order valence-corrected chi connectivity index (χ2v) is 21.3. The summed E-state index contributed by atoms with van der Waals surface area (Å²) in [6.07, 6.45) is 60.5. The van der Waals surface area contributed by atoms with Crippen molar-refractivity contribution < 1.29 is 42.9 Å². The molecule has 410 valence electrons. The number of ether oxygens (including phenoxy) is 4. The molecule has 0 saturated heterocycles. The topological polar surface area (TPSA) is 111 Å². The summed E-state index contributed by atoms with van der Waals surface area (Å²) in [5.41, 5.74) is 0. The van der Waals surface area contributed by atoms with Crippen LogP contribution in [0.3, 0.4) is 0 Å². The van der Waals surface area contributed by atoms with E-state index in [0.29, 0.717) is 23.9 Å². The summed E-state index contributed by atoms with van der Waals surface area (Å²) < 4.78 is 22.7. The molecule has 0 aliphatic rings. The van der Waals surface area contributed by atoms with Gasteiger partial charge in [-0.2, -0.15) is 0 Å². The maximum absolute atomic E-state index is 12.9. The van der Waals surface area contributed by atoms with Crippen LogP contribution in [-0.2, 0) is 33.3 Å². The lowest BCUT2D eigenvalue weighted by Gasteiger charge is -2.26. The summed E-state index contributed by atoms with van der Waals surface area (Å²) in [6.45, 7) is 4.77. The third-order valence-corrected chi connectivity index (χ3v) is 13.1. The standard InChI is InChI=1S/C61H113NO8/c1-6-8-10-12-14-16-18-20-22-24-25-26-27-28-29-30-31-32-33-34-35-36-38-40-42-44-46-48-50-52-59(64)70-57(56-69-61(60(65)66)67-54-53-62(3,4)5)55-68-58(63)51-49-47-45-43-41-39-37-23-21-19-17-15-13-11-9-7-2/h18,20,24-25,27-28,57,61H,6-17,19,21-23,26,29-56H2,1-5H3/b20-18-,25-24-,28-27-. The minimum atomic E-state index is -1.62. The van der Waals surface area contributed by atoms with Crippen molar-refractivity contribution in [2.24, 2.45) is 0 Å². The fourth-order valence-electron chi connectivity index (χ4n) is 8.55. The van der Waals surface area contributed by atoms with Crippen LogP contribution < -0.4 is 5.11 Å². The number of quaternary nitrogens is 1. The normalized spacial score (nSPS) is 13.0. The van der Waals surface area contributed by atoms with Crippen molar-refractivity contribution in [3.63, 3.8) is 0 Å². The predicted octanol–water partition coefficient (Wildman–Crippen LogP) is 16.0. The van der Waals surface area contributed by atoms with Gasteiger partial charge in [0.05, 0.1) is 40.3 Å². The first-order chi connectivity index (χ1) is 34.1. The molecule has 2 atom stereocenters. The van der Waals surface area contributed by atoms with Crippen LogP contribution in [0.15, 0.2) is 36.5 Å². The smallest absolute Gasteiger partial charge is 0.306 e. The molecule has 0 heterocycles. The quantitative estimate of drug-likeness (QED) is 0.0195. The zero-order chi connectivity index (χ0) is 51.3. The number of nitrogens with zero attached hydrogens (tertiary/aromatic N) is 1. The summed E-state index contributed by atoms with van der Waals surface area (Å²) in [5.74, 6) is -2.27. The Kier molecular flexibility index (Phi) is 50.9. The van der Waals surface area contributed by atoms with Gasteiger partial charge in [0, 0.05) is 12.8 Å².